The average molecular weight is 504 g/mol. The van der Waals surface area contributed by atoms with Gasteiger partial charge in [0.1, 0.15) is 5.82 Å². The molecule has 0 aliphatic carbocycles. The molecule has 1 saturated heterocycles. The maximum absolute atomic E-state index is 11.5. The molecule has 3 heterocycles. The molecular formula is C26H29N7O2S. The Hall–Kier alpha value is -3.60. The molecule has 0 unspecified atom stereocenters. The Morgan fingerprint density at radius 2 is 1.75 bits per heavy atom. The lowest BCUT2D eigenvalue weighted by Crippen LogP contribution is -2.42. The summed E-state index contributed by atoms with van der Waals surface area (Å²) >= 11 is 0. The Morgan fingerprint density at radius 1 is 1.00 bits per heavy atom. The van der Waals surface area contributed by atoms with Crippen LogP contribution in [0.25, 0.3) is 22.0 Å². The van der Waals surface area contributed by atoms with Gasteiger partial charge in [-0.1, -0.05) is 18.2 Å². The van der Waals surface area contributed by atoms with Gasteiger partial charge in [0, 0.05) is 47.7 Å². The van der Waals surface area contributed by atoms with Crippen LogP contribution in [0.1, 0.15) is 12.8 Å². The van der Waals surface area contributed by atoms with E-state index in [1.807, 2.05) is 24.4 Å². The fourth-order valence-corrected chi connectivity index (χ4v) is 5.04. The number of benzene rings is 2. The number of nitrogens with zero attached hydrogens (tertiary/aromatic N) is 5. The van der Waals surface area contributed by atoms with E-state index in [-0.39, 0.29) is 4.90 Å². The molecule has 1 fully saturated rings. The number of piperidine rings is 1. The third-order valence-electron chi connectivity index (χ3n) is 6.71. The summed E-state index contributed by atoms with van der Waals surface area (Å²) in [5.41, 5.74) is 3.39. The molecule has 9 nitrogen and oxygen atoms in total. The molecule has 2 aromatic carbocycles. The van der Waals surface area contributed by atoms with Crippen LogP contribution >= 0.6 is 0 Å². The van der Waals surface area contributed by atoms with E-state index in [2.05, 4.69) is 46.3 Å². The second kappa shape index (κ2) is 9.81. The normalized spacial score (nSPS) is 15.2. The number of para-hydroxylation sites is 1. The zero-order valence-corrected chi connectivity index (χ0v) is 21.1. The van der Waals surface area contributed by atoms with Crippen LogP contribution in [0.5, 0.6) is 0 Å². The first-order chi connectivity index (χ1) is 17.3. The van der Waals surface area contributed by atoms with E-state index in [4.69, 9.17) is 15.1 Å². The number of primary sulfonamides is 1. The minimum Gasteiger partial charge on any atom is -0.357 e. The first-order valence-electron chi connectivity index (χ1n) is 11.8. The SMILES string of the molecule is CN1CCC(N(C)c2ccc(-c3cccc4cnc(Nc5ccc(S(N)(=O)=O)cc5)nc34)cn2)CC1. The summed E-state index contributed by atoms with van der Waals surface area (Å²) in [7, 11) is 0.545. The van der Waals surface area contributed by atoms with Crippen LogP contribution in [0.3, 0.4) is 0 Å². The topological polar surface area (TPSA) is 117 Å². The van der Waals surface area contributed by atoms with Crippen molar-refractivity contribution < 1.29 is 8.42 Å². The maximum atomic E-state index is 11.5. The summed E-state index contributed by atoms with van der Waals surface area (Å²) in [4.78, 5) is 18.6. The zero-order chi connectivity index (χ0) is 25.3. The number of hydrogen-bond donors (Lipinski definition) is 2. The van der Waals surface area contributed by atoms with E-state index < -0.39 is 10.0 Å². The van der Waals surface area contributed by atoms with Gasteiger partial charge in [0.25, 0.3) is 0 Å². The third-order valence-corrected chi connectivity index (χ3v) is 7.64. The zero-order valence-electron chi connectivity index (χ0n) is 20.3. The maximum Gasteiger partial charge on any atom is 0.238 e. The molecular weight excluding hydrogens is 474 g/mol. The van der Waals surface area contributed by atoms with Crippen LogP contribution in [-0.4, -0.2) is 61.5 Å². The summed E-state index contributed by atoms with van der Waals surface area (Å²) in [6.07, 6.45) is 5.94. The summed E-state index contributed by atoms with van der Waals surface area (Å²) in [5.74, 6) is 1.37. The minimum atomic E-state index is -3.74. The van der Waals surface area contributed by atoms with E-state index >= 15 is 0 Å². The minimum absolute atomic E-state index is 0.0483. The van der Waals surface area contributed by atoms with E-state index in [0.29, 0.717) is 17.7 Å². The van der Waals surface area contributed by atoms with Crippen LogP contribution in [0.15, 0.2) is 71.9 Å². The van der Waals surface area contributed by atoms with E-state index in [9.17, 15) is 8.42 Å². The van der Waals surface area contributed by atoms with Crippen molar-refractivity contribution in [2.75, 3.05) is 37.4 Å². The number of nitrogens with two attached hydrogens (primary N) is 1. The number of pyridine rings is 1. The van der Waals surface area contributed by atoms with Crippen molar-refractivity contribution in [2.24, 2.45) is 5.14 Å². The molecule has 1 aliphatic heterocycles. The van der Waals surface area contributed by atoms with E-state index in [1.165, 1.54) is 12.1 Å². The number of anilines is 3. The van der Waals surface area contributed by atoms with Gasteiger partial charge in [0.05, 0.1) is 10.4 Å². The van der Waals surface area contributed by atoms with E-state index in [1.54, 1.807) is 18.3 Å². The van der Waals surface area contributed by atoms with Crippen molar-refractivity contribution in [1.29, 1.82) is 0 Å². The molecule has 186 valence electrons. The molecule has 36 heavy (non-hydrogen) atoms. The molecule has 2 aromatic heterocycles. The number of likely N-dealkylation sites (tertiary alicyclic amines) is 1. The molecule has 0 amide bonds. The fraction of sp³-hybridized carbons (Fsp3) is 0.269. The smallest absolute Gasteiger partial charge is 0.238 e. The van der Waals surface area contributed by atoms with Crippen molar-refractivity contribution in [2.45, 2.75) is 23.8 Å². The highest BCUT2D eigenvalue weighted by Gasteiger charge is 2.21. The van der Waals surface area contributed by atoms with Crippen molar-refractivity contribution in [3.05, 3.63) is 67.0 Å². The van der Waals surface area contributed by atoms with Crippen LogP contribution in [0.4, 0.5) is 17.5 Å². The number of rotatable bonds is 6. The number of hydrogen-bond acceptors (Lipinski definition) is 8. The van der Waals surface area contributed by atoms with Crippen LogP contribution in [0.2, 0.25) is 0 Å². The lowest BCUT2D eigenvalue weighted by molar-refractivity contribution is 0.252. The Labute approximate surface area is 211 Å². The van der Waals surface area contributed by atoms with Gasteiger partial charge in [0.15, 0.2) is 0 Å². The standard InChI is InChI=1S/C26H29N7O2S/c1-32-14-12-21(13-15-32)33(2)24-11-6-18(16-28-24)23-5-3-4-19-17-29-26(31-25(19)23)30-20-7-9-22(10-8-20)36(27,34)35/h3-11,16-17,21H,12-15H2,1-2H3,(H2,27,34,35)(H,29,30,31). The predicted octanol–water partition coefficient (Wildman–Crippen LogP) is 3.61. The summed E-state index contributed by atoms with van der Waals surface area (Å²) in [6.45, 7) is 2.21. The summed E-state index contributed by atoms with van der Waals surface area (Å²) in [6, 6.07) is 16.8. The first-order valence-corrected chi connectivity index (χ1v) is 13.4. The van der Waals surface area contributed by atoms with Gasteiger partial charge in [-0.3, -0.25) is 0 Å². The largest absolute Gasteiger partial charge is 0.357 e. The van der Waals surface area contributed by atoms with Gasteiger partial charge < -0.3 is 15.1 Å². The average Bonchev–Trinajstić information content (AvgIpc) is 2.88. The molecule has 4 aromatic rings. The molecule has 1 aliphatic rings. The lowest BCUT2D eigenvalue weighted by atomic mass is 10.0. The quantitative estimate of drug-likeness (QED) is 0.410. The van der Waals surface area contributed by atoms with E-state index in [0.717, 1.165) is 53.8 Å². The second-order valence-corrected chi connectivity index (χ2v) is 10.7. The van der Waals surface area contributed by atoms with Gasteiger partial charge in [0.2, 0.25) is 16.0 Å². The molecule has 0 bridgehead atoms. The van der Waals surface area contributed by atoms with Crippen molar-refractivity contribution in [3.8, 4) is 11.1 Å². The molecule has 0 spiro atoms. The number of fused-ring (bicyclic) bond motifs is 1. The lowest BCUT2D eigenvalue weighted by Gasteiger charge is -2.35. The first kappa shape index (κ1) is 24.1. The number of aromatic nitrogens is 3. The molecule has 3 N–H and O–H groups in total. The Morgan fingerprint density at radius 3 is 2.42 bits per heavy atom. The van der Waals surface area contributed by atoms with Crippen molar-refractivity contribution in [3.63, 3.8) is 0 Å². The Bertz CT molecular complexity index is 1470. The predicted molar refractivity (Wildman–Crippen MR) is 143 cm³/mol. The van der Waals surface area contributed by atoms with Crippen LogP contribution in [-0.2, 0) is 10.0 Å². The highest BCUT2D eigenvalue weighted by molar-refractivity contribution is 7.89. The highest BCUT2D eigenvalue weighted by Crippen LogP contribution is 2.29. The van der Waals surface area contributed by atoms with Gasteiger partial charge in [-0.25, -0.2) is 28.5 Å². The number of nitrogens with one attached hydrogen (secondary N) is 1. The van der Waals surface area contributed by atoms with Gasteiger partial charge in [-0.05, 0) is 69.4 Å². The van der Waals surface area contributed by atoms with Crippen LogP contribution < -0.4 is 15.4 Å². The molecule has 0 radical (unpaired) electrons. The summed E-state index contributed by atoms with van der Waals surface area (Å²) < 4.78 is 23.0. The fourth-order valence-electron chi connectivity index (χ4n) is 4.53. The van der Waals surface area contributed by atoms with Crippen molar-refractivity contribution in [1.82, 2.24) is 19.9 Å². The van der Waals surface area contributed by atoms with Gasteiger partial charge in [-0.2, -0.15) is 0 Å². The molecule has 0 atom stereocenters. The third kappa shape index (κ3) is 5.15. The molecule has 10 heteroatoms. The van der Waals surface area contributed by atoms with Crippen LogP contribution in [0, 0.1) is 0 Å². The Balaban J connectivity index is 1.39. The Kier molecular flexibility index (Phi) is 6.57. The molecule has 5 rings (SSSR count). The number of sulfonamides is 1. The van der Waals surface area contributed by atoms with Gasteiger partial charge in [-0.15, -0.1) is 0 Å². The van der Waals surface area contributed by atoms with Crippen molar-refractivity contribution >= 4 is 38.4 Å². The second-order valence-electron chi connectivity index (χ2n) is 9.18. The highest BCUT2D eigenvalue weighted by atomic mass is 32.2. The molecule has 0 saturated carbocycles. The summed E-state index contributed by atoms with van der Waals surface area (Å²) in [5, 5.41) is 9.23. The van der Waals surface area contributed by atoms with Gasteiger partial charge >= 0.3 is 0 Å². The monoisotopic (exact) mass is 503 g/mol.